The molecule has 2 amide bonds. The Labute approximate surface area is 250 Å². The number of allylic oxidation sites excluding steroid dienone is 2. The van der Waals surface area contributed by atoms with Crippen LogP contribution in [0.2, 0.25) is 0 Å². The van der Waals surface area contributed by atoms with Crippen LogP contribution in [0.5, 0.6) is 5.75 Å². The average Bonchev–Trinajstić information content (AvgIpc) is 3.41. The number of rotatable bonds is 10. The van der Waals surface area contributed by atoms with Gasteiger partial charge in [-0.05, 0) is 25.1 Å². The van der Waals surface area contributed by atoms with Gasteiger partial charge in [0.1, 0.15) is 11.6 Å². The fourth-order valence-electron chi connectivity index (χ4n) is 5.38. The molecule has 11 nitrogen and oxygen atoms in total. The number of nitrogens with zero attached hydrogens (tertiary/aromatic N) is 5. The number of thioether (sulfide) groups is 1. The summed E-state index contributed by atoms with van der Waals surface area (Å²) in [5, 5.41) is 13.0. The summed E-state index contributed by atoms with van der Waals surface area (Å²) in [7, 11) is 0. The van der Waals surface area contributed by atoms with E-state index in [1.165, 1.54) is 6.08 Å². The molecule has 12 heteroatoms. The highest BCUT2D eigenvalue weighted by molar-refractivity contribution is 8.00. The van der Waals surface area contributed by atoms with Gasteiger partial charge in [-0.3, -0.25) is 19.3 Å². The van der Waals surface area contributed by atoms with Crippen LogP contribution >= 0.6 is 11.8 Å². The van der Waals surface area contributed by atoms with Crippen molar-refractivity contribution in [3.63, 3.8) is 0 Å². The number of aromatic nitrogens is 2. The summed E-state index contributed by atoms with van der Waals surface area (Å²) in [6.07, 6.45) is 4.15. The van der Waals surface area contributed by atoms with Gasteiger partial charge in [0.2, 0.25) is 11.8 Å². The minimum absolute atomic E-state index is 0.0467. The van der Waals surface area contributed by atoms with Gasteiger partial charge in [0.05, 0.1) is 30.3 Å². The normalized spacial score (nSPS) is 19.2. The number of amides is 2. The van der Waals surface area contributed by atoms with E-state index >= 15 is 0 Å². The topological polar surface area (TPSA) is 128 Å². The lowest BCUT2D eigenvalue weighted by Crippen LogP contribution is -2.52. The number of phenolic OH excluding ortho intramolecular Hbond substituents is 1. The van der Waals surface area contributed by atoms with Crippen molar-refractivity contribution in [2.75, 3.05) is 70.5 Å². The second-order valence-electron chi connectivity index (χ2n) is 10.7. The molecule has 3 aliphatic rings. The molecule has 0 spiro atoms. The molecular weight excluding hydrogens is 556 g/mol. The highest BCUT2D eigenvalue weighted by Crippen LogP contribution is 2.43. The largest absolute Gasteiger partial charge is 0.508 e. The Balaban J connectivity index is 1.15. The summed E-state index contributed by atoms with van der Waals surface area (Å²) in [5.41, 5.74) is 1.83. The Bertz CT molecular complexity index is 1320. The molecule has 2 saturated heterocycles. The molecule has 2 aromatic rings. The lowest BCUT2D eigenvalue weighted by Gasteiger charge is -2.35. The molecule has 2 N–H and O–H groups in total. The van der Waals surface area contributed by atoms with Crippen molar-refractivity contribution in [3.05, 3.63) is 42.1 Å². The highest BCUT2D eigenvalue weighted by Gasteiger charge is 2.33. The first-order valence-corrected chi connectivity index (χ1v) is 15.4. The number of morpholine rings is 1. The smallest absolute Gasteiger partial charge is 0.242 e. The van der Waals surface area contributed by atoms with Gasteiger partial charge in [-0.2, -0.15) is 0 Å². The van der Waals surface area contributed by atoms with Crippen LogP contribution in [-0.2, 0) is 25.5 Å². The second kappa shape index (κ2) is 14.1. The van der Waals surface area contributed by atoms with Gasteiger partial charge in [0.15, 0.2) is 11.6 Å². The maximum atomic E-state index is 12.7. The van der Waals surface area contributed by atoms with E-state index in [9.17, 15) is 19.5 Å². The molecule has 1 atom stereocenters. The van der Waals surface area contributed by atoms with Gasteiger partial charge in [0, 0.05) is 75.9 Å². The molecule has 3 aliphatic heterocycles. The fourth-order valence-corrected chi connectivity index (χ4v) is 6.79. The number of ketones is 1. The first-order chi connectivity index (χ1) is 20.4. The number of phenols is 1. The Morgan fingerprint density at radius 2 is 1.88 bits per heavy atom. The number of ether oxygens (including phenoxy) is 1. The lowest BCUT2D eigenvalue weighted by atomic mass is 10.1. The van der Waals surface area contributed by atoms with Crippen LogP contribution in [0.3, 0.4) is 0 Å². The molecule has 42 heavy (non-hydrogen) atoms. The second-order valence-corrected chi connectivity index (χ2v) is 12.0. The minimum Gasteiger partial charge on any atom is -0.508 e. The van der Waals surface area contributed by atoms with Gasteiger partial charge in [-0.25, -0.2) is 9.97 Å². The molecule has 0 bridgehead atoms. The van der Waals surface area contributed by atoms with E-state index in [-0.39, 0.29) is 42.7 Å². The van der Waals surface area contributed by atoms with Crippen molar-refractivity contribution >= 4 is 35.2 Å². The number of nitrogens with one attached hydrogen (secondary N) is 1. The third kappa shape index (κ3) is 7.67. The summed E-state index contributed by atoms with van der Waals surface area (Å²) in [5.74, 6) is 1.27. The Morgan fingerprint density at radius 3 is 2.62 bits per heavy atom. The fraction of sp³-hybridized carbons (Fsp3) is 0.500. The summed E-state index contributed by atoms with van der Waals surface area (Å²) in [6, 6.07) is 7.07. The number of piperazine rings is 1. The molecule has 1 aromatic heterocycles. The standard InChI is InChI=1S/C30H38N6O5S/c1-2-4-22(37)7-8-26(39)31-19-27(40)35-11-9-34(10-12-35)20-24-18-25-28(42-24)30(36-13-15-41-16-14-36)33-29(32-25)21-5-3-6-23(38)17-21/h2-6,17,24,38H,7-16,18-20H2,1H3,(H,31,39)/b4-2+. The van der Waals surface area contributed by atoms with Crippen molar-refractivity contribution in [2.24, 2.45) is 0 Å². The first-order valence-electron chi connectivity index (χ1n) is 14.5. The maximum Gasteiger partial charge on any atom is 0.242 e. The van der Waals surface area contributed by atoms with E-state index in [0.717, 1.165) is 61.1 Å². The molecule has 4 heterocycles. The number of carbonyl (C=O) groups is 3. The van der Waals surface area contributed by atoms with Crippen LogP contribution in [0.25, 0.3) is 11.4 Å². The average molecular weight is 595 g/mol. The molecule has 224 valence electrons. The van der Waals surface area contributed by atoms with Gasteiger partial charge in [0.25, 0.3) is 0 Å². The zero-order chi connectivity index (χ0) is 29.5. The van der Waals surface area contributed by atoms with Crippen LogP contribution < -0.4 is 10.2 Å². The summed E-state index contributed by atoms with van der Waals surface area (Å²) >= 11 is 1.83. The molecule has 1 unspecified atom stereocenters. The number of hydrogen-bond acceptors (Lipinski definition) is 10. The van der Waals surface area contributed by atoms with Crippen LogP contribution in [-0.4, -0.2) is 113 Å². The predicted octanol–water partition coefficient (Wildman–Crippen LogP) is 1.89. The molecular formula is C30H38N6O5S. The number of fused-ring (bicyclic) bond motifs is 1. The van der Waals surface area contributed by atoms with E-state index in [2.05, 4.69) is 15.1 Å². The zero-order valence-electron chi connectivity index (χ0n) is 24.0. The SMILES string of the molecule is C/C=C/C(=O)CCC(=O)NCC(=O)N1CCN(CC2Cc3nc(-c4cccc(O)c4)nc(N4CCOCC4)c3S2)CC1. The van der Waals surface area contributed by atoms with E-state index in [1.54, 1.807) is 36.1 Å². The van der Waals surface area contributed by atoms with Crippen LogP contribution in [0.15, 0.2) is 41.3 Å². The Hall–Kier alpha value is -3.48. The van der Waals surface area contributed by atoms with Crippen LogP contribution in [0.1, 0.15) is 25.5 Å². The van der Waals surface area contributed by atoms with Gasteiger partial charge in [-0.1, -0.05) is 18.2 Å². The molecule has 5 rings (SSSR count). The minimum atomic E-state index is -0.288. The molecule has 1 aromatic carbocycles. The quantitative estimate of drug-likeness (QED) is 0.394. The molecule has 0 saturated carbocycles. The summed E-state index contributed by atoms with van der Waals surface area (Å²) in [6.45, 7) is 8.22. The molecule has 0 aliphatic carbocycles. The monoisotopic (exact) mass is 594 g/mol. The number of carbonyl (C=O) groups excluding carboxylic acids is 3. The summed E-state index contributed by atoms with van der Waals surface area (Å²) < 4.78 is 5.58. The third-order valence-corrected chi connectivity index (χ3v) is 8.92. The van der Waals surface area contributed by atoms with Crippen LogP contribution in [0.4, 0.5) is 5.82 Å². The Kier molecular flexibility index (Phi) is 10.1. The van der Waals surface area contributed by atoms with Crippen molar-refractivity contribution in [2.45, 2.75) is 36.3 Å². The molecule has 0 radical (unpaired) electrons. The summed E-state index contributed by atoms with van der Waals surface area (Å²) in [4.78, 5) is 53.7. The van der Waals surface area contributed by atoms with Gasteiger partial charge < -0.3 is 25.0 Å². The number of hydrogen-bond donors (Lipinski definition) is 2. The zero-order valence-corrected chi connectivity index (χ0v) is 24.8. The van der Waals surface area contributed by atoms with Crippen molar-refractivity contribution < 1.29 is 24.2 Å². The molecule has 2 fully saturated rings. The van der Waals surface area contributed by atoms with Crippen LogP contribution in [0, 0.1) is 0 Å². The van der Waals surface area contributed by atoms with E-state index in [0.29, 0.717) is 37.4 Å². The third-order valence-electron chi connectivity index (χ3n) is 7.61. The van der Waals surface area contributed by atoms with Gasteiger partial charge in [-0.15, -0.1) is 11.8 Å². The van der Waals surface area contributed by atoms with Crippen molar-refractivity contribution in [1.82, 2.24) is 25.1 Å². The lowest BCUT2D eigenvalue weighted by molar-refractivity contribution is -0.134. The Morgan fingerprint density at radius 1 is 1.10 bits per heavy atom. The number of benzene rings is 1. The highest BCUT2D eigenvalue weighted by atomic mass is 32.2. The number of aromatic hydroxyl groups is 1. The van der Waals surface area contributed by atoms with E-state index in [4.69, 9.17) is 14.7 Å². The van der Waals surface area contributed by atoms with Crippen molar-refractivity contribution in [1.29, 1.82) is 0 Å². The number of anilines is 1. The van der Waals surface area contributed by atoms with Crippen molar-refractivity contribution in [3.8, 4) is 17.1 Å². The van der Waals surface area contributed by atoms with Gasteiger partial charge >= 0.3 is 0 Å². The predicted molar refractivity (Wildman–Crippen MR) is 161 cm³/mol. The van der Waals surface area contributed by atoms with E-state index < -0.39 is 0 Å². The maximum absolute atomic E-state index is 12.7. The van der Waals surface area contributed by atoms with E-state index in [1.807, 2.05) is 17.8 Å². The first kappa shape index (κ1) is 30.0.